The summed E-state index contributed by atoms with van der Waals surface area (Å²) in [6.45, 7) is 9.23. The van der Waals surface area contributed by atoms with Crippen LogP contribution < -0.4 is 0 Å². The van der Waals surface area contributed by atoms with Crippen LogP contribution in [0.3, 0.4) is 0 Å². The van der Waals surface area contributed by atoms with Crippen molar-refractivity contribution >= 4 is 5.97 Å². The van der Waals surface area contributed by atoms with Gasteiger partial charge in [-0.1, -0.05) is 27.4 Å². The number of hydrogen-bond donors (Lipinski definition) is 0. The Morgan fingerprint density at radius 1 is 1.60 bits per heavy atom. The third kappa shape index (κ3) is 5.87. The molecule has 0 heterocycles. The lowest BCUT2D eigenvalue weighted by Crippen LogP contribution is -2.34. The average molecular weight is 211 g/mol. The van der Waals surface area contributed by atoms with Crippen molar-refractivity contribution in [1.82, 2.24) is 0 Å². The Kier molecular flexibility index (Phi) is 5.65. The van der Waals surface area contributed by atoms with Crippen molar-refractivity contribution in [3.63, 3.8) is 0 Å². The molecule has 0 aliphatic rings. The van der Waals surface area contributed by atoms with Gasteiger partial charge in [0.05, 0.1) is 19.1 Å². The summed E-state index contributed by atoms with van der Waals surface area (Å²) in [6.07, 6.45) is 0.710. The van der Waals surface area contributed by atoms with Crippen molar-refractivity contribution in [2.75, 3.05) is 6.61 Å². The van der Waals surface area contributed by atoms with E-state index in [1.54, 1.807) is 0 Å². The predicted molar refractivity (Wildman–Crippen MR) is 55.7 cm³/mol. The second kappa shape index (κ2) is 6.20. The van der Waals surface area contributed by atoms with Gasteiger partial charge in [0.2, 0.25) is 6.29 Å². The van der Waals surface area contributed by atoms with E-state index in [-0.39, 0.29) is 18.4 Å². The van der Waals surface area contributed by atoms with E-state index in [1.165, 1.54) is 0 Å². The van der Waals surface area contributed by atoms with Gasteiger partial charge in [0.25, 0.3) is 0 Å². The third-order valence-corrected chi connectivity index (χ3v) is 1.58. The molecule has 0 aromatic rings. The number of carbonyl (C=O) groups excluding carboxylic acids is 1. The molecule has 0 aromatic heterocycles. The van der Waals surface area contributed by atoms with Crippen molar-refractivity contribution in [3.8, 4) is 6.07 Å². The Morgan fingerprint density at radius 2 is 2.20 bits per heavy atom. The van der Waals surface area contributed by atoms with Crippen LogP contribution in [-0.4, -0.2) is 18.9 Å². The first-order valence-electron chi connectivity index (χ1n) is 4.73. The predicted octanol–water partition coefficient (Wildman–Crippen LogP) is 2.02. The third-order valence-electron chi connectivity index (χ3n) is 1.58. The molecule has 15 heavy (non-hydrogen) atoms. The molecule has 84 valence electrons. The standard InChI is InChI=1S/C11H17NO3/c1-5-9(13)15-10(11(2,3)4)14-8-6-7-12/h5,10H,1,6,8H2,2-4H3. The van der Waals surface area contributed by atoms with Gasteiger partial charge in [-0.05, 0) is 0 Å². The van der Waals surface area contributed by atoms with E-state index in [0.717, 1.165) is 6.08 Å². The molecule has 1 unspecified atom stereocenters. The van der Waals surface area contributed by atoms with Crippen molar-refractivity contribution in [3.05, 3.63) is 12.7 Å². The van der Waals surface area contributed by atoms with Gasteiger partial charge >= 0.3 is 5.97 Å². The molecule has 0 aliphatic heterocycles. The fraction of sp³-hybridized carbons (Fsp3) is 0.636. The maximum absolute atomic E-state index is 11.0. The summed E-state index contributed by atoms with van der Waals surface area (Å²) in [6, 6.07) is 1.96. The summed E-state index contributed by atoms with van der Waals surface area (Å²) in [5, 5.41) is 8.36. The number of carbonyl (C=O) groups is 1. The fourth-order valence-corrected chi connectivity index (χ4v) is 0.826. The molecular formula is C11H17NO3. The number of nitrogens with zero attached hydrogens (tertiary/aromatic N) is 1. The van der Waals surface area contributed by atoms with E-state index in [0.29, 0.717) is 0 Å². The summed E-state index contributed by atoms with van der Waals surface area (Å²) in [7, 11) is 0. The highest BCUT2D eigenvalue weighted by atomic mass is 16.7. The van der Waals surface area contributed by atoms with E-state index in [4.69, 9.17) is 14.7 Å². The number of rotatable bonds is 5. The minimum Gasteiger partial charge on any atom is -0.432 e. The molecule has 0 saturated heterocycles. The maximum atomic E-state index is 11.0. The van der Waals surface area contributed by atoms with Crippen molar-refractivity contribution in [1.29, 1.82) is 5.26 Å². The highest BCUT2D eigenvalue weighted by Crippen LogP contribution is 2.23. The molecule has 0 fully saturated rings. The van der Waals surface area contributed by atoms with Crippen LogP contribution in [0.25, 0.3) is 0 Å². The van der Waals surface area contributed by atoms with Gasteiger partial charge in [-0.3, -0.25) is 0 Å². The van der Waals surface area contributed by atoms with Gasteiger partial charge in [-0.2, -0.15) is 5.26 Å². The zero-order valence-electron chi connectivity index (χ0n) is 9.45. The smallest absolute Gasteiger partial charge is 0.332 e. The second-order valence-electron chi connectivity index (χ2n) is 4.12. The summed E-state index contributed by atoms with van der Waals surface area (Å²) in [5.41, 5.74) is -0.325. The van der Waals surface area contributed by atoms with Gasteiger partial charge in [0, 0.05) is 11.5 Å². The lowest BCUT2D eigenvalue weighted by atomic mass is 9.96. The second-order valence-corrected chi connectivity index (χ2v) is 4.12. The molecule has 0 bridgehead atoms. The van der Waals surface area contributed by atoms with Crippen LogP contribution >= 0.6 is 0 Å². The van der Waals surface area contributed by atoms with E-state index in [1.807, 2.05) is 26.8 Å². The Hall–Kier alpha value is -1.34. The molecule has 4 nitrogen and oxygen atoms in total. The van der Waals surface area contributed by atoms with Crippen molar-refractivity contribution in [2.45, 2.75) is 33.5 Å². The summed E-state index contributed by atoms with van der Waals surface area (Å²) < 4.78 is 10.3. The number of nitriles is 1. The molecule has 1 atom stereocenters. The molecule has 0 amide bonds. The van der Waals surface area contributed by atoms with E-state index in [9.17, 15) is 4.79 Å². The molecule has 0 saturated carbocycles. The van der Waals surface area contributed by atoms with Gasteiger partial charge in [0.1, 0.15) is 0 Å². The van der Waals surface area contributed by atoms with Crippen LogP contribution in [0.2, 0.25) is 0 Å². The van der Waals surface area contributed by atoms with Gasteiger partial charge in [0.15, 0.2) is 0 Å². The number of hydrogen-bond acceptors (Lipinski definition) is 4. The lowest BCUT2D eigenvalue weighted by molar-refractivity contribution is -0.198. The quantitative estimate of drug-likeness (QED) is 0.302. The molecule has 0 aliphatic carbocycles. The van der Waals surface area contributed by atoms with Crippen LogP contribution in [0.5, 0.6) is 0 Å². The minimum atomic E-state index is -0.656. The van der Waals surface area contributed by atoms with Gasteiger partial charge in [-0.15, -0.1) is 0 Å². The monoisotopic (exact) mass is 211 g/mol. The van der Waals surface area contributed by atoms with Crippen LogP contribution in [-0.2, 0) is 14.3 Å². The largest absolute Gasteiger partial charge is 0.432 e. The van der Waals surface area contributed by atoms with E-state index in [2.05, 4.69) is 6.58 Å². The first-order chi connectivity index (χ1) is 6.91. The van der Waals surface area contributed by atoms with Gasteiger partial charge in [-0.25, -0.2) is 4.79 Å². The topological polar surface area (TPSA) is 59.3 Å². The highest BCUT2D eigenvalue weighted by molar-refractivity contribution is 5.81. The van der Waals surface area contributed by atoms with Crippen molar-refractivity contribution in [2.24, 2.45) is 5.41 Å². The van der Waals surface area contributed by atoms with Crippen LogP contribution in [0.4, 0.5) is 0 Å². The summed E-state index contributed by atoms with van der Waals surface area (Å²) >= 11 is 0. The fourth-order valence-electron chi connectivity index (χ4n) is 0.826. The molecule has 0 spiro atoms. The zero-order valence-corrected chi connectivity index (χ0v) is 9.45. The first-order valence-corrected chi connectivity index (χ1v) is 4.73. The van der Waals surface area contributed by atoms with E-state index < -0.39 is 12.3 Å². The summed E-state index contributed by atoms with van der Waals surface area (Å²) in [5.74, 6) is -0.521. The SMILES string of the molecule is C=CC(=O)OC(OCCC#N)C(C)(C)C. The highest BCUT2D eigenvalue weighted by Gasteiger charge is 2.28. The molecule has 0 rings (SSSR count). The minimum absolute atomic E-state index is 0.253. The molecular weight excluding hydrogens is 194 g/mol. The number of esters is 1. The Labute approximate surface area is 90.5 Å². The molecule has 4 heteroatoms. The molecule has 0 N–H and O–H groups in total. The van der Waals surface area contributed by atoms with E-state index >= 15 is 0 Å². The van der Waals surface area contributed by atoms with Gasteiger partial charge < -0.3 is 9.47 Å². The van der Waals surface area contributed by atoms with Crippen LogP contribution in [0.1, 0.15) is 27.2 Å². The normalized spacial score (nSPS) is 12.7. The number of ether oxygens (including phenoxy) is 2. The Morgan fingerprint density at radius 3 is 2.60 bits per heavy atom. The first kappa shape index (κ1) is 13.7. The molecule has 0 aromatic carbocycles. The van der Waals surface area contributed by atoms with Crippen LogP contribution in [0, 0.1) is 16.7 Å². The Balaban J connectivity index is 4.27. The lowest BCUT2D eigenvalue weighted by Gasteiger charge is -2.29. The average Bonchev–Trinajstić information content (AvgIpc) is 2.14. The Bertz CT molecular complexity index is 260. The maximum Gasteiger partial charge on any atom is 0.332 e. The van der Waals surface area contributed by atoms with Crippen LogP contribution in [0.15, 0.2) is 12.7 Å². The summed E-state index contributed by atoms with van der Waals surface area (Å²) in [4.78, 5) is 11.0. The van der Waals surface area contributed by atoms with Crippen molar-refractivity contribution < 1.29 is 14.3 Å². The zero-order chi connectivity index (χ0) is 11.9. The molecule has 0 radical (unpaired) electrons.